The van der Waals surface area contributed by atoms with Gasteiger partial charge in [0.15, 0.2) is 0 Å². The summed E-state index contributed by atoms with van der Waals surface area (Å²) in [4.78, 5) is 5.48. The third-order valence-corrected chi connectivity index (χ3v) is 3.24. The first-order valence-corrected chi connectivity index (χ1v) is 5.76. The molecule has 4 nitrogen and oxygen atoms in total. The predicted octanol–water partition coefficient (Wildman–Crippen LogP) is 2.33. The summed E-state index contributed by atoms with van der Waals surface area (Å²) in [6.45, 7) is 2.02. The molecule has 4 N–H and O–H groups in total. The number of aryl methyl sites for hydroxylation is 1. The van der Waals surface area contributed by atoms with Gasteiger partial charge in [0, 0.05) is 22.1 Å². The number of rotatable bonds is 1. The van der Waals surface area contributed by atoms with Crippen LogP contribution >= 0.6 is 0 Å². The van der Waals surface area contributed by atoms with Crippen LogP contribution in [0.1, 0.15) is 5.56 Å². The van der Waals surface area contributed by atoms with Crippen molar-refractivity contribution in [3.05, 3.63) is 35.9 Å². The lowest BCUT2D eigenvalue weighted by Gasteiger charge is -2.06. The van der Waals surface area contributed by atoms with Crippen LogP contribution in [0.25, 0.3) is 21.8 Å². The van der Waals surface area contributed by atoms with Gasteiger partial charge in [-0.15, -0.1) is 0 Å². The van der Waals surface area contributed by atoms with Crippen LogP contribution in [0.5, 0.6) is 0 Å². The molecule has 0 bridgehead atoms. The van der Waals surface area contributed by atoms with Gasteiger partial charge in [-0.3, -0.25) is 0 Å². The molecule has 4 heteroatoms. The third kappa shape index (κ3) is 1.32. The van der Waals surface area contributed by atoms with Gasteiger partial charge in [0.05, 0.1) is 11.0 Å². The van der Waals surface area contributed by atoms with E-state index in [4.69, 9.17) is 16.3 Å². The molecule has 0 aliphatic rings. The Morgan fingerprint density at radius 2 is 1.72 bits per heavy atom. The van der Waals surface area contributed by atoms with Crippen molar-refractivity contribution in [3.8, 4) is 0 Å². The molecule has 2 aromatic carbocycles. The molecule has 3 aromatic rings. The van der Waals surface area contributed by atoms with E-state index in [2.05, 4.69) is 0 Å². The molecule has 0 aliphatic heterocycles. The second kappa shape index (κ2) is 3.57. The van der Waals surface area contributed by atoms with E-state index in [1.807, 2.05) is 42.0 Å². The number of anilines is 2. The van der Waals surface area contributed by atoms with E-state index in [0.29, 0.717) is 0 Å². The van der Waals surface area contributed by atoms with Crippen molar-refractivity contribution in [2.75, 3.05) is 18.6 Å². The third-order valence-electron chi connectivity index (χ3n) is 3.24. The molecule has 0 atom stereocenters. The summed E-state index contributed by atoms with van der Waals surface area (Å²) < 4.78 is 1.82. The van der Waals surface area contributed by atoms with Crippen LogP contribution in [0, 0.1) is 6.92 Å². The summed E-state index contributed by atoms with van der Waals surface area (Å²) in [5.41, 5.74) is 16.4. The van der Waals surface area contributed by atoms with E-state index in [9.17, 15) is 0 Å². The number of nitrogen functional groups attached to an aromatic ring is 2. The van der Waals surface area contributed by atoms with Gasteiger partial charge < -0.3 is 16.3 Å². The van der Waals surface area contributed by atoms with E-state index >= 15 is 0 Å². The summed E-state index contributed by atoms with van der Waals surface area (Å²) >= 11 is 0. The topological polar surface area (TPSA) is 66.2 Å². The van der Waals surface area contributed by atoms with Crippen LogP contribution in [-0.2, 0) is 0 Å². The number of fused-ring (bicyclic) bond motifs is 3. The maximum absolute atomic E-state index is 5.92. The Morgan fingerprint density at radius 1 is 1.00 bits per heavy atom. The molecule has 0 amide bonds. The van der Waals surface area contributed by atoms with Gasteiger partial charge >= 0.3 is 0 Å². The molecular formula is C14H15N3O. The van der Waals surface area contributed by atoms with Gasteiger partial charge in [0.2, 0.25) is 0 Å². The van der Waals surface area contributed by atoms with E-state index in [-0.39, 0.29) is 0 Å². The van der Waals surface area contributed by atoms with E-state index in [1.165, 1.54) is 0 Å². The molecule has 0 fully saturated rings. The maximum atomic E-state index is 5.92. The van der Waals surface area contributed by atoms with Crippen LogP contribution < -0.4 is 16.3 Å². The molecule has 92 valence electrons. The zero-order chi connectivity index (χ0) is 12.9. The Hall–Kier alpha value is -2.36. The van der Waals surface area contributed by atoms with Crippen molar-refractivity contribution in [1.29, 1.82) is 0 Å². The van der Waals surface area contributed by atoms with Crippen molar-refractivity contribution in [1.82, 2.24) is 4.73 Å². The molecule has 0 aliphatic carbocycles. The largest absolute Gasteiger partial charge is 0.416 e. The van der Waals surface area contributed by atoms with Crippen molar-refractivity contribution in [3.63, 3.8) is 0 Å². The standard InChI is InChI=1S/C14H15N3O/c1-8-5-10(16)7-12-11-6-9(15)3-4-13(11)17(18-2)14(8)12/h3-7H,15-16H2,1-2H3. The minimum absolute atomic E-state index is 0.734. The molecule has 0 saturated heterocycles. The van der Waals surface area contributed by atoms with Gasteiger partial charge in [-0.1, -0.05) is 0 Å². The molecule has 1 aromatic heterocycles. The molecule has 0 unspecified atom stereocenters. The summed E-state index contributed by atoms with van der Waals surface area (Å²) in [7, 11) is 1.66. The normalized spacial score (nSPS) is 11.2. The Morgan fingerprint density at radius 3 is 2.44 bits per heavy atom. The number of nitrogens with zero attached hydrogens (tertiary/aromatic N) is 1. The highest BCUT2D eigenvalue weighted by atomic mass is 16.6. The smallest absolute Gasteiger partial charge is 0.104 e. The van der Waals surface area contributed by atoms with Crippen molar-refractivity contribution < 1.29 is 4.84 Å². The Labute approximate surface area is 105 Å². The second-order valence-electron chi connectivity index (χ2n) is 4.49. The van der Waals surface area contributed by atoms with Gasteiger partial charge in [-0.25, -0.2) is 0 Å². The monoisotopic (exact) mass is 241 g/mol. The van der Waals surface area contributed by atoms with Crippen molar-refractivity contribution >= 4 is 33.2 Å². The summed E-state index contributed by atoms with van der Waals surface area (Å²) in [5, 5.41) is 2.12. The summed E-state index contributed by atoms with van der Waals surface area (Å²) in [6.07, 6.45) is 0. The molecule has 0 saturated carbocycles. The second-order valence-corrected chi connectivity index (χ2v) is 4.49. The lowest BCUT2D eigenvalue weighted by molar-refractivity contribution is 0.190. The number of nitrogens with two attached hydrogens (primary N) is 2. The highest BCUT2D eigenvalue weighted by Gasteiger charge is 2.13. The predicted molar refractivity (Wildman–Crippen MR) is 75.5 cm³/mol. The molecule has 3 rings (SSSR count). The first-order chi connectivity index (χ1) is 8.61. The number of hydrogen-bond acceptors (Lipinski definition) is 3. The molecule has 18 heavy (non-hydrogen) atoms. The first-order valence-electron chi connectivity index (χ1n) is 5.76. The van der Waals surface area contributed by atoms with Crippen LogP contribution in [0.3, 0.4) is 0 Å². The Balaban J connectivity index is 2.61. The van der Waals surface area contributed by atoms with Gasteiger partial charge in [0.1, 0.15) is 7.11 Å². The average Bonchev–Trinajstić information content (AvgIpc) is 2.63. The zero-order valence-electron chi connectivity index (χ0n) is 10.4. The van der Waals surface area contributed by atoms with Gasteiger partial charge in [-0.2, -0.15) is 4.73 Å². The number of hydrogen-bond donors (Lipinski definition) is 2. The van der Waals surface area contributed by atoms with E-state index in [1.54, 1.807) is 7.11 Å². The lowest BCUT2D eigenvalue weighted by atomic mass is 10.1. The van der Waals surface area contributed by atoms with Crippen LogP contribution in [0.15, 0.2) is 30.3 Å². The maximum Gasteiger partial charge on any atom is 0.104 e. The fourth-order valence-electron chi connectivity index (χ4n) is 2.54. The van der Waals surface area contributed by atoms with E-state index < -0.39 is 0 Å². The van der Waals surface area contributed by atoms with Gasteiger partial charge in [-0.05, 0) is 42.8 Å². The molecular weight excluding hydrogens is 226 g/mol. The SMILES string of the molecule is COn1c2ccc(N)cc2c2cc(N)cc(C)c21. The van der Waals surface area contributed by atoms with Crippen molar-refractivity contribution in [2.45, 2.75) is 6.92 Å². The summed E-state index contributed by atoms with van der Waals surface area (Å²) in [6, 6.07) is 9.69. The fraction of sp³-hybridized carbons (Fsp3) is 0.143. The minimum atomic E-state index is 0.734. The van der Waals surface area contributed by atoms with Crippen molar-refractivity contribution in [2.24, 2.45) is 0 Å². The summed E-state index contributed by atoms with van der Waals surface area (Å²) in [5.74, 6) is 0. The zero-order valence-corrected chi connectivity index (χ0v) is 10.4. The quantitative estimate of drug-likeness (QED) is 0.642. The van der Waals surface area contributed by atoms with Crippen LogP contribution in [0.2, 0.25) is 0 Å². The van der Waals surface area contributed by atoms with Gasteiger partial charge in [0.25, 0.3) is 0 Å². The first kappa shape index (κ1) is 10.8. The minimum Gasteiger partial charge on any atom is -0.416 e. The number of aromatic nitrogens is 1. The fourth-order valence-corrected chi connectivity index (χ4v) is 2.54. The molecule has 1 heterocycles. The highest BCUT2D eigenvalue weighted by Crippen LogP contribution is 2.33. The number of benzene rings is 2. The Bertz CT molecular complexity index is 759. The Kier molecular flexibility index (Phi) is 2.13. The highest BCUT2D eigenvalue weighted by molar-refractivity contribution is 6.10. The van der Waals surface area contributed by atoms with Crippen LogP contribution in [0.4, 0.5) is 11.4 Å². The lowest BCUT2D eigenvalue weighted by Crippen LogP contribution is -2.05. The molecule has 0 radical (unpaired) electrons. The molecule has 0 spiro atoms. The van der Waals surface area contributed by atoms with E-state index in [0.717, 1.165) is 38.7 Å². The average molecular weight is 241 g/mol. The van der Waals surface area contributed by atoms with Crippen LogP contribution in [-0.4, -0.2) is 11.8 Å².